The predicted octanol–water partition coefficient (Wildman–Crippen LogP) is -2.81. The molecule has 22 heteroatoms. The fourth-order valence-corrected chi connectivity index (χ4v) is 5.14. The second kappa shape index (κ2) is 22.5. The van der Waals surface area contributed by atoms with Gasteiger partial charge < -0.3 is 63.8 Å². The number of anilines is 1. The predicted molar refractivity (Wildman–Crippen MR) is 193 cm³/mol. The summed E-state index contributed by atoms with van der Waals surface area (Å²) in [6.07, 6.45) is -3.64. The number of benzene rings is 2. The van der Waals surface area contributed by atoms with Gasteiger partial charge in [0.1, 0.15) is 30.2 Å². The number of fused-ring (bicyclic) bond motifs is 1. The fourth-order valence-electron chi connectivity index (χ4n) is 5.14. The van der Waals surface area contributed by atoms with Gasteiger partial charge in [-0.15, -0.1) is 0 Å². The highest BCUT2D eigenvalue weighted by atomic mass is 16.4. The molecule has 0 radical (unpaired) electrons. The van der Waals surface area contributed by atoms with Gasteiger partial charge in [0.05, 0.1) is 32.2 Å². The van der Waals surface area contributed by atoms with E-state index in [1.165, 1.54) is 0 Å². The van der Waals surface area contributed by atoms with Crippen molar-refractivity contribution in [3.63, 3.8) is 0 Å². The number of aliphatic carboxylic acids is 4. The molecule has 0 bridgehead atoms. The standard InChI is InChI=1S/C34H44N8O14/c35-10-4-3-7-20(30(52)37-19-9-8-17-5-1-2-6-18(17)11-19)39-32(54)22(13-27(46)47)41-34(56)24(15-29(50)51)42-33(55)23(14-28(48)49)40-31(53)21(12-26(44)45)38-25(43)16-36/h1-2,5-6,8-9,11,20-24H,3-4,7,10,12-16,35-36H2,(H,37,52)(H,38,43)(H,39,54)(H,40,53)(H,41,56)(H,42,55)(H,44,45)(H,46,47)(H,48,49)(H,50,51)/t20-,21-,22-,23+,24-/m0/s1. The van der Waals surface area contributed by atoms with E-state index >= 15 is 0 Å². The highest BCUT2D eigenvalue weighted by molar-refractivity contribution is 6.02. The van der Waals surface area contributed by atoms with Crippen LogP contribution in [0, 0.1) is 0 Å². The average Bonchev–Trinajstić information content (AvgIpc) is 3.12. The van der Waals surface area contributed by atoms with Gasteiger partial charge in [-0.05, 0) is 48.7 Å². The van der Waals surface area contributed by atoms with Gasteiger partial charge >= 0.3 is 23.9 Å². The molecule has 2 aromatic rings. The number of hydrogen-bond acceptors (Lipinski definition) is 12. The van der Waals surface area contributed by atoms with E-state index in [4.69, 9.17) is 16.6 Å². The molecule has 0 fully saturated rings. The molecule has 0 aliphatic heterocycles. The van der Waals surface area contributed by atoms with Crippen LogP contribution in [0.15, 0.2) is 42.5 Å². The maximum absolute atomic E-state index is 13.5. The molecule has 0 aromatic heterocycles. The topological polar surface area (TPSA) is 376 Å². The maximum atomic E-state index is 13.5. The van der Waals surface area contributed by atoms with E-state index in [1.54, 1.807) is 24.3 Å². The zero-order valence-electron chi connectivity index (χ0n) is 29.8. The minimum atomic E-state index is -2.11. The highest BCUT2D eigenvalue weighted by Crippen LogP contribution is 2.19. The summed E-state index contributed by atoms with van der Waals surface area (Å²) in [5.74, 6) is -13.6. The summed E-state index contributed by atoms with van der Waals surface area (Å²) >= 11 is 0. The van der Waals surface area contributed by atoms with Crippen molar-refractivity contribution in [2.45, 2.75) is 75.2 Å². The minimum Gasteiger partial charge on any atom is -0.481 e. The summed E-state index contributed by atoms with van der Waals surface area (Å²) in [5.41, 5.74) is 11.1. The number of nitrogens with two attached hydrogens (primary N) is 2. The van der Waals surface area contributed by atoms with Gasteiger partial charge in [-0.3, -0.25) is 47.9 Å². The number of amides is 6. The molecule has 5 atom stereocenters. The van der Waals surface area contributed by atoms with Crippen molar-refractivity contribution in [3.05, 3.63) is 42.5 Å². The molecular formula is C34H44N8O14. The molecule has 0 aliphatic rings. The van der Waals surface area contributed by atoms with Crippen molar-refractivity contribution in [2.24, 2.45) is 11.5 Å². The van der Waals surface area contributed by atoms with Crippen molar-refractivity contribution >= 4 is 75.8 Å². The van der Waals surface area contributed by atoms with Gasteiger partial charge in [-0.25, -0.2) is 0 Å². The Balaban J connectivity index is 2.30. The first kappa shape index (κ1) is 45.5. The van der Waals surface area contributed by atoms with Crippen LogP contribution in [0.5, 0.6) is 0 Å². The van der Waals surface area contributed by atoms with Crippen LogP contribution >= 0.6 is 0 Å². The van der Waals surface area contributed by atoms with E-state index in [-0.39, 0.29) is 13.0 Å². The lowest BCUT2D eigenvalue weighted by atomic mass is 10.1. The van der Waals surface area contributed by atoms with Gasteiger partial charge in [0, 0.05) is 5.69 Å². The molecule has 2 rings (SSSR count). The number of nitrogens with one attached hydrogen (secondary N) is 6. The highest BCUT2D eigenvalue weighted by Gasteiger charge is 2.35. The molecule has 0 saturated carbocycles. The van der Waals surface area contributed by atoms with Crippen molar-refractivity contribution in [2.75, 3.05) is 18.4 Å². The van der Waals surface area contributed by atoms with E-state index in [0.717, 1.165) is 10.8 Å². The number of unbranched alkanes of at least 4 members (excludes halogenated alkanes) is 1. The zero-order valence-corrected chi connectivity index (χ0v) is 29.8. The van der Waals surface area contributed by atoms with Crippen LogP contribution in [0.2, 0.25) is 0 Å². The van der Waals surface area contributed by atoms with Crippen LogP contribution in [-0.4, -0.2) is 123 Å². The Labute approximate surface area is 318 Å². The van der Waals surface area contributed by atoms with Gasteiger partial charge in [0.2, 0.25) is 35.4 Å². The van der Waals surface area contributed by atoms with Gasteiger partial charge in [-0.1, -0.05) is 30.3 Å². The molecule has 0 spiro atoms. The van der Waals surface area contributed by atoms with E-state index in [1.807, 2.05) is 39.5 Å². The van der Waals surface area contributed by atoms with Gasteiger partial charge in [0.15, 0.2) is 0 Å². The smallest absolute Gasteiger partial charge is 0.305 e. The Morgan fingerprint density at radius 3 is 1.32 bits per heavy atom. The zero-order chi connectivity index (χ0) is 41.9. The van der Waals surface area contributed by atoms with Crippen LogP contribution in [0.3, 0.4) is 0 Å². The number of hydrogen-bond donors (Lipinski definition) is 12. The second-order valence-corrected chi connectivity index (χ2v) is 12.3. The molecular weight excluding hydrogens is 744 g/mol. The number of carbonyl (C=O) groups excluding carboxylic acids is 6. The normalized spacial score (nSPS) is 13.4. The molecule has 304 valence electrons. The Kier molecular flexibility index (Phi) is 18.3. The van der Waals surface area contributed by atoms with Crippen molar-refractivity contribution in [3.8, 4) is 0 Å². The van der Waals surface area contributed by atoms with E-state index in [0.29, 0.717) is 18.5 Å². The maximum Gasteiger partial charge on any atom is 0.305 e. The molecule has 22 nitrogen and oxygen atoms in total. The number of carboxylic acids is 4. The lowest BCUT2D eigenvalue weighted by Crippen LogP contribution is -2.60. The third kappa shape index (κ3) is 15.7. The van der Waals surface area contributed by atoms with Crippen LogP contribution in [0.4, 0.5) is 5.69 Å². The van der Waals surface area contributed by atoms with Crippen molar-refractivity contribution in [1.29, 1.82) is 0 Å². The van der Waals surface area contributed by atoms with Gasteiger partial charge in [0.25, 0.3) is 0 Å². The third-order valence-electron chi connectivity index (χ3n) is 7.85. The van der Waals surface area contributed by atoms with E-state index in [2.05, 4.69) is 10.6 Å². The van der Waals surface area contributed by atoms with E-state index < -0.39 is 122 Å². The first-order chi connectivity index (χ1) is 26.4. The molecule has 6 amide bonds. The Morgan fingerprint density at radius 2 is 0.911 bits per heavy atom. The lowest BCUT2D eigenvalue weighted by Gasteiger charge is -2.26. The number of rotatable bonds is 24. The average molecular weight is 789 g/mol. The number of carbonyl (C=O) groups is 10. The minimum absolute atomic E-state index is 0.0354. The monoisotopic (exact) mass is 788 g/mol. The molecule has 2 aromatic carbocycles. The third-order valence-corrected chi connectivity index (χ3v) is 7.85. The van der Waals surface area contributed by atoms with E-state index in [9.17, 15) is 63.3 Å². The molecule has 0 aliphatic carbocycles. The summed E-state index contributed by atoms with van der Waals surface area (Å²) in [7, 11) is 0. The molecule has 0 saturated heterocycles. The van der Waals surface area contributed by atoms with Crippen LogP contribution in [0.25, 0.3) is 10.8 Å². The van der Waals surface area contributed by atoms with Gasteiger partial charge in [-0.2, -0.15) is 0 Å². The summed E-state index contributed by atoms with van der Waals surface area (Å²) in [6, 6.07) is 3.13. The number of carboxylic acid groups (broad SMARTS) is 4. The molecule has 14 N–H and O–H groups in total. The summed E-state index contributed by atoms with van der Waals surface area (Å²) < 4.78 is 0. The lowest BCUT2D eigenvalue weighted by molar-refractivity contribution is -0.145. The summed E-state index contributed by atoms with van der Waals surface area (Å²) in [4.78, 5) is 124. The van der Waals surface area contributed by atoms with Crippen molar-refractivity contribution < 1.29 is 68.4 Å². The van der Waals surface area contributed by atoms with Crippen LogP contribution < -0.4 is 43.4 Å². The Morgan fingerprint density at radius 1 is 0.500 bits per heavy atom. The first-order valence-corrected chi connectivity index (χ1v) is 17.0. The van der Waals surface area contributed by atoms with Crippen LogP contribution in [-0.2, 0) is 47.9 Å². The molecule has 0 heterocycles. The quantitative estimate of drug-likeness (QED) is 0.0478. The Bertz CT molecular complexity index is 1800. The molecule has 56 heavy (non-hydrogen) atoms. The summed E-state index contributed by atoms with van der Waals surface area (Å²) in [5, 5.41) is 52.1. The largest absolute Gasteiger partial charge is 0.481 e. The Hall–Kier alpha value is -6.68. The second-order valence-electron chi connectivity index (χ2n) is 12.3. The van der Waals surface area contributed by atoms with Crippen LogP contribution in [0.1, 0.15) is 44.9 Å². The fraction of sp³-hybridized carbons (Fsp3) is 0.412. The SMILES string of the molecule is NCCCC[C@H](NC(=O)[C@H](CC(=O)O)NC(=O)[C@H](CC(=O)O)NC(=O)[C@@H](CC(=O)O)NC(=O)[C@H](CC(=O)O)NC(=O)CN)C(=O)Nc1ccc2ccccc2c1. The summed E-state index contributed by atoms with van der Waals surface area (Å²) in [6.45, 7) is -0.408. The first-order valence-electron chi connectivity index (χ1n) is 17.0. The molecule has 0 unspecified atom stereocenters. The van der Waals surface area contributed by atoms with Crippen molar-refractivity contribution in [1.82, 2.24) is 26.6 Å².